The Morgan fingerprint density at radius 1 is 1.23 bits per heavy atom. The molecule has 13 heavy (non-hydrogen) atoms. The van der Waals surface area contributed by atoms with Gasteiger partial charge < -0.3 is 0 Å². The molecule has 0 saturated heterocycles. The number of hydrogen-bond donors (Lipinski definition) is 0. The van der Waals surface area contributed by atoms with E-state index in [2.05, 4.69) is 51.6 Å². The highest BCUT2D eigenvalue weighted by Gasteiger charge is 1.98. The van der Waals surface area contributed by atoms with Gasteiger partial charge in [0, 0.05) is 0 Å². The van der Waals surface area contributed by atoms with Crippen molar-refractivity contribution in [2.75, 3.05) is 0 Å². The fourth-order valence-corrected chi connectivity index (χ4v) is 1.36. The summed E-state index contributed by atoms with van der Waals surface area (Å²) in [7, 11) is 0. The summed E-state index contributed by atoms with van der Waals surface area (Å²) in [6.45, 7) is 10.3. The molecule has 0 aromatic heterocycles. The first-order valence-electron chi connectivity index (χ1n) is 4.51. The van der Waals surface area contributed by atoms with E-state index in [1.807, 2.05) is 6.07 Å². The van der Waals surface area contributed by atoms with Crippen LogP contribution in [0.3, 0.4) is 0 Å². The zero-order chi connectivity index (χ0) is 9.84. The van der Waals surface area contributed by atoms with E-state index in [9.17, 15) is 0 Å². The predicted octanol–water partition coefficient (Wildman–Crippen LogP) is 3.97. The molecular weight excluding hydrogens is 156 g/mol. The van der Waals surface area contributed by atoms with E-state index in [4.69, 9.17) is 0 Å². The van der Waals surface area contributed by atoms with Gasteiger partial charge >= 0.3 is 0 Å². The lowest BCUT2D eigenvalue weighted by Crippen LogP contribution is -1.84. The maximum atomic E-state index is 4.05. The van der Waals surface area contributed by atoms with Gasteiger partial charge in [0.25, 0.3) is 0 Å². The number of allylic oxidation sites excluding steroid dienone is 3. The van der Waals surface area contributed by atoms with Crippen molar-refractivity contribution in [1.29, 1.82) is 0 Å². The molecule has 0 saturated carbocycles. The topological polar surface area (TPSA) is 0 Å². The van der Waals surface area contributed by atoms with Gasteiger partial charge in [-0.1, -0.05) is 42.5 Å². The molecule has 0 heterocycles. The van der Waals surface area contributed by atoms with Crippen molar-refractivity contribution in [3.05, 3.63) is 53.6 Å². The first kappa shape index (κ1) is 9.79. The van der Waals surface area contributed by atoms with Crippen molar-refractivity contribution in [2.45, 2.75) is 20.8 Å². The lowest BCUT2D eigenvalue weighted by molar-refractivity contribution is 1.38. The van der Waals surface area contributed by atoms with Crippen molar-refractivity contribution in [1.82, 2.24) is 0 Å². The smallest absolute Gasteiger partial charge is 0.0161 e. The van der Waals surface area contributed by atoms with Gasteiger partial charge in [0.15, 0.2) is 0 Å². The molecule has 0 aliphatic rings. The third-order valence-corrected chi connectivity index (χ3v) is 1.95. The van der Waals surface area contributed by atoms with Crippen LogP contribution in [0.1, 0.15) is 25.0 Å². The molecular formula is C13H16. The van der Waals surface area contributed by atoms with Crippen LogP contribution in [-0.4, -0.2) is 0 Å². The molecule has 0 heteroatoms. The summed E-state index contributed by atoms with van der Waals surface area (Å²) < 4.78 is 0. The second kappa shape index (κ2) is 4.08. The fraction of sp³-hybridized carbons (Fsp3) is 0.231. The molecule has 0 N–H and O–H groups in total. The maximum Gasteiger partial charge on any atom is -0.0161 e. The number of benzene rings is 1. The van der Waals surface area contributed by atoms with Gasteiger partial charge in [-0.05, 0) is 37.5 Å². The van der Waals surface area contributed by atoms with E-state index in [1.54, 1.807) is 0 Å². The first-order valence-corrected chi connectivity index (χ1v) is 4.51. The van der Waals surface area contributed by atoms with Crippen molar-refractivity contribution in [3.8, 4) is 0 Å². The summed E-state index contributed by atoms with van der Waals surface area (Å²) in [5.41, 5.74) is 4.90. The largest absolute Gasteiger partial charge is 0.0912 e. The van der Waals surface area contributed by atoms with Crippen molar-refractivity contribution in [3.63, 3.8) is 0 Å². The minimum Gasteiger partial charge on any atom is -0.0912 e. The number of aryl methyl sites for hydroxylation is 1. The Bertz CT molecular complexity index is 339. The third-order valence-electron chi connectivity index (χ3n) is 1.95. The Balaban J connectivity index is 3.03. The molecule has 0 unspecified atom stereocenters. The molecule has 0 aliphatic carbocycles. The van der Waals surface area contributed by atoms with Gasteiger partial charge in [-0.15, -0.1) is 0 Å². The molecule has 68 valence electrons. The van der Waals surface area contributed by atoms with E-state index in [0.717, 1.165) is 5.57 Å². The van der Waals surface area contributed by atoms with E-state index in [0.29, 0.717) is 0 Å². The van der Waals surface area contributed by atoms with Crippen molar-refractivity contribution >= 4 is 5.57 Å². The van der Waals surface area contributed by atoms with E-state index in [-0.39, 0.29) is 0 Å². The van der Waals surface area contributed by atoms with Crippen LogP contribution >= 0.6 is 0 Å². The zero-order valence-electron chi connectivity index (χ0n) is 8.59. The Hall–Kier alpha value is -1.30. The summed E-state index contributed by atoms with van der Waals surface area (Å²) in [5, 5.41) is 0. The predicted molar refractivity (Wildman–Crippen MR) is 59.6 cm³/mol. The van der Waals surface area contributed by atoms with Crippen LogP contribution < -0.4 is 0 Å². The van der Waals surface area contributed by atoms with Crippen molar-refractivity contribution in [2.24, 2.45) is 0 Å². The van der Waals surface area contributed by atoms with Crippen LogP contribution in [0.15, 0.2) is 42.5 Å². The molecule has 0 atom stereocenters. The fourth-order valence-electron chi connectivity index (χ4n) is 1.36. The van der Waals surface area contributed by atoms with Gasteiger partial charge in [-0.2, -0.15) is 0 Å². The Morgan fingerprint density at radius 2 is 1.85 bits per heavy atom. The average molecular weight is 172 g/mol. The second-order valence-electron chi connectivity index (χ2n) is 3.56. The Morgan fingerprint density at radius 3 is 2.38 bits per heavy atom. The molecule has 0 spiro atoms. The second-order valence-corrected chi connectivity index (χ2v) is 3.56. The molecule has 1 aromatic rings. The van der Waals surface area contributed by atoms with Gasteiger partial charge in [0.1, 0.15) is 0 Å². The monoisotopic (exact) mass is 172 g/mol. The first-order chi connectivity index (χ1) is 6.11. The lowest BCUT2D eigenvalue weighted by atomic mass is 10.0. The molecule has 1 aromatic carbocycles. The minimum absolute atomic E-state index is 1.10. The highest BCUT2D eigenvalue weighted by atomic mass is 14.0. The standard InChI is InChI=1S/C13H16/c1-10(2)9-12(4)13-8-6-5-7-11(13)3/h5-9H,4H2,1-3H3. The van der Waals surface area contributed by atoms with Crippen LogP contribution in [0.2, 0.25) is 0 Å². The van der Waals surface area contributed by atoms with Gasteiger partial charge in [-0.25, -0.2) is 0 Å². The highest BCUT2D eigenvalue weighted by Crippen LogP contribution is 2.18. The third kappa shape index (κ3) is 2.59. The molecule has 0 aliphatic heterocycles. The summed E-state index contributed by atoms with van der Waals surface area (Å²) in [6, 6.07) is 8.32. The highest BCUT2D eigenvalue weighted by molar-refractivity contribution is 5.74. The Kier molecular flexibility index (Phi) is 3.07. The van der Waals surface area contributed by atoms with E-state index < -0.39 is 0 Å². The summed E-state index contributed by atoms with van der Waals surface area (Å²) >= 11 is 0. The number of hydrogen-bond acceptors (Lipinski definition) is 0. The van der Waals surface area contributed by atoms with Crippen LogP contribution in [-0.2, 0) is 0 Å². The molecule has 1 rings (SSSR count). The quantitative estimate of drug-likeness (QED) is 0.592. The van der Waals surface area contributed by atoms with Gasteiger partial charge in [0.2, 0.25) is 0 Å². The average Bonchev–Trinajstić information content (AvgIpc) is 2.03. The Labute approximate surface area is 80.6 Å². The molecule has 0 fully saturated rings. The van der Waals surface area contributed by atoms with Crippen LogP contribution in [0.5, 0.6) is 0 Å². The SMILES string of the molecule is C=C(C=C(C)C)c1ccccc1C. The van der Waals surface area contributed by atoms with Crippen LogP contribution in [0.25, 0.3) is 5.57 Å². The van der Waals surface area contributed by atoms with E-state index in [1.165, 1.54) is 16.7 Å². The zero-order valence-corrected chi connectivity index (χ0v) is 8.59. The summed E-state index contributed by atoms with van der Waals surface area (Å²) in [6.07, 6.45) is 2.11. The van der Waals surface area contributed by atoms with Gasteiger partial charge in [-0.3, -0.25) is 0 Å². The summed E-state index contributed by atoms with van der Waals surface area (Å²) in [4.78, 5) is 0. The molecule has 0 radical (unpaired) electrons. The normalized spacial score (nSPS) is 9.46. The molecule has 0 nitrogen and oxygen atoms in total. The van der Waals surface area contributed by atoms with Crippen LogP contribution in [0.4, 0.5) is 0 Å². The van der Waals surface area contributed by atoms with Crippen molar-refractivity contribution < 1.29 is 0 Å². The lowest BCUT2D eigenvalue weighted by Gasteiger charge is -2.05. The van der Waals surface area contributed by atoms with E-state index >= 15 is 0 Å². The number of rotatable bonds is 2. The molecule has 0 amide bonds. The minimum atomic E-state index is 1.10. The van der Waals surface area contributed by atoms with Crippen LogP contribution in [0, 0.1) is 6.92 Å². The van der Waals surface area contributed by atoms with Gasteiger partial charge in [0.05, 0.1) is 0 Å². The molecule has 0 bridgehead atoms. The maximum absolute atomic E-state index is 4.05. The summed E-state index contributed by atoms with van der Waals surface area (Å²) in [5.74, 6) is 0.